The Kier molecular flexibility index (Phi) is 6.68. The van der Waals surface area contributed by atoms with Crippen LogP contribution in [-0.4, -0.2) is 25.5 Å². The SMILES string of the molecule is Cc1cc(Br)c(NC(=O)CCOCC(F)F)cc1Cl. The van der Waals surface area contributed by atoms with Gasteiger partial charge in [0, 0.05) is 9.50 Å². The summed E-state index contributed by atoms with van der Waals surface area (Å²) in [5, 5.41) is 3.16. The number of halogens is 4. The van der Waals surface area contributed by atoms with Gasteiger partial charge in [-0.1, -0.05) is 11.6 Å². The summed E-state index contributed by atoms with van der Waals surface area (Å²) in [6.07, 6.45) is -2.52. The van der Waals surface area contributed by atoms with Gasteiger partial charge in [0.25, 0.3) is 6.43 Å². The molecule has 106 valence electrons. The van der Waals surface area contributed by atoms with E-state index in [-0.39, 0.29) is 18.9 Å². The first-order valence-corrected chi connectivity index (χ1v) is 6.68. The number of carbonyl (C=O) groups is 1. The lowest BCUT2D eigenvalue weighted by molar-refractivity contribution is -0.117. The molecule has 1 N–H and O–H groups in total. The maximum atomic E-state index is 11.8. The van der Waals surface area contributed by atoms with E-state index in [0.717, 1.165) is 5.56 Å². The van der Waals surface area contributed by atoms with Gasteiger partial charge in [-0.25, -0.2) is 8.78 Å². The highest BCUT2D eigenvalue weighted by molar-refractivity contribution is 9.10. The van der Waals surface area contributed by atoms with Gasteiger partial charge in [0.05, 0.1) is 18.7 Å². The van der Waals surface area contributed by atoms with Gasteiger partial charge in [-0.15, -0.1) is 0 Å². The summed E-state index contributed by atoms with van der Waals surface area (Å²) in [6.45, 7) is 1.14. The zero-order valence-corrected chi connectivity index (χ0v) is 12.5. The van der Waals surface area contributed by atoms with E-state index in [1.54, 1.807) is 12.1 Å². The second-order valence-corrected chi connectivity index (χ2v) is 5.11. The Bertz CT molecular complexity index is 458. The topological polar surface area (TPSA) is 38.3 Å². The summed E-state index contributed by atoms with van der Waals surface area (Å²) < 4.78 is 28.9. The molecule has 0 aliphatic heterocycles. The van der Waals surface area contributed by atoms with Crippen LogP contribution in [0.25, 0.3) is 0 Å². The normalized spacial score (nSPS) is 10.8. The number of hydrogen-bond donors (Lipinski definition) is 1. The van der Waals surface area contributed by atoms with Crippen LogP contribution in [0.1, 0.15) is 12.0 Å². The van der Waals surface area contributed by atoms with Gasteiger partial charge in [-0.3, -0.25) is 4.79 Å². The minimum absolute atomic E-state index is 0.00462. The number of carbonyl (C=O) groups excluding carboxylic acids is 1. The number of alkyl halides is 2. The van der Waals surface area contributed by atoms with Crippen LogP contribution in [0, 0.1) is 6.92 Å². The van der Waals surface area contributed by atoms with Crippen molar-refractivity contribution in [3.05, 3.63) is 27.2 Å². The van der Waals surface area contributed by atoms with E-state index in [4.69, 9.17) is 11.6 Å². The van der Waals surface area contributed by atoms with Crippen LogP contribution in [-0.2, 0) is 9.53 Å². The number of ether oxygens (including phenoxy) is 1. The summed E-state index contributed by atoms with van der Waals surface area (Å²) >= 11 is 9.26. The van der Waals surface area contributed by atoms with Crippen molar-refractivity contribution in [2.75, 3.05) is 18.5 Å². The predicted octanol–water partition coefficient (Wildman–Crippen LogP) is 4.02. The lowest BCUT2D eigenvalue weighted by atomic mass is 10.2. The van der Waals surface area contributed by atoms with Crippen molar-refractivity contribution in [2.24, 2.45) is 0 Å². The molecule has 1 aromatic rings. The molecular weight excluding hydrogens is 343 g/mol. The minimum atomic E-state index is -2.52. The summed E-state index contributed by atoms with van der Waals surface area (Å²) in [5.74, 6) is -0.324. The number of amides is 1. The van der Waals surface area contributed by atoms with Gasteiger partial charge in [-0.05, 0) is 40.5 Å². The van der Waals surface area contributed by atoms with Crippen molar-refractivity contribution in [3.8, 4) is 0 Å². The Labute approximate surface area is 123 Å². The molecule has 0 aromatic heterocycles. The van der Waals surface area contributed by atoms with E-state index < -0.39 is 13.0 Å². The molecular formula is C12H13BrClF2NO2. The molecule has 0 heterocycles. The van der Waals surface area contributed by atoms with Crippen LogP contribution in [0.15, 0.2) is 16.6 Å². The minimum Gasteiger partial charge on any atom is -0.375 e. The second-order valence-electron chi connectivity index (χ2n) is 3.85. The Morgan fingerprint density at radius 1 is 1.53 bits per heavy atom. The number of benzene rings is 1. The Morgan fingerprint density at radius 3 is 2.84 bits per heavy atom. The number of anilines is 1. The predicted molar refractivity (Wildman–Crippen MR) is 74.0 cm³/mol. The quantitative estimate of drug-likeness (QED) is 0.782. The van der Waals surface area contributed by atoms with E-state index >= 15 is 0 Å². The molecule has 0 radical (unpaired) electrons. The molecule has 0 fully saturated rings. The van der Waals surface area contributed by atoms with Crippen molar-refractivity contribution in [1.29, 1.82) is 0 Å². The van der Waals surface area contributed by atoms with Crippen LogP contribution in [0.2, 0.25) is 5.02 Å². The first-order chi connectivity index (χ1) is 8.90. The van der Waals surface area contributed by atoms with Crippen molar-refractivity contribution in [2.45, 2.75) is 19.8 Å². The first kappa shape index (κ1) is 16.3. The van der Waals surface area contributed by atoms with Crippen molar-refractivity contribution in [1.82, 2.24) is 0 Å². The van der Waals surface area contributed by atoms with Crippen LogP contribution in [0.5, 0.6) is 0 Å². The van der Waals surface area contributed by atoms with Crippen molar-refractivity contribution in [3.63, 3.8) is 0 Å². The monoisotopic (exact) mass is 355 g/mol. The maximum absolute atomic E-state index is 11.8. The Hall–Kier alpha value is -0.720. The first-order valence-electron chi connectivity index (χ1n) is 5.51. The molecule has 7 heteroatoms. The molecule has 19 heavy (non-hydrogen) atoms. The van der Waals surface area contributed by atoms with Gasteiger partial charge < -0.3 is 10.1 Å². The highest BCUT2D eigenvalue weighted by Crippen LogP contribution is 2.29. The molecule has 0 bridgehead atoms. The Morgan fingerprint density at radius 2 is 2.21 bits per heavy atom. The highest BCUT2D eigenvalue weighted by Gasteiger charge is 2.09. The molecule has 3 nitrogen and oxygen atoms in total. The van der Waals surface area contributed by atoms with Gasteiger partial charge >= 0.3 is 0 Å². The molecule has 0 aliphatic rings. The van der Waals surface area contributed by atoms with E-state index in [2.05, 4.69) is 26.0 Å². The van der Waals surface area contributed by atoms with Crippen LogP contribution in [0.3, 0.4) is 0 Å². The lowest BCUT2D eigenvalue weighted by Gasteiger charge is -2.09. The van der Waals surface area contributed by atoms with Crippen LogP contribution >= 0.6 is 27.5 Å². The summed E-state index contributed by atoms with van der Waals surface area (Å²) in [7, 11) is 0. The number of rotatable bonds is 6. The smallest absolute Gasteiger partial charge is 0.261 e. The van der Waals surface area contributed by atoms with Crippen molar-refractivity contribution < 1.29 is 18.3 Å². The van der Waals surface area contributed by atoms with Gasteiger partial charge in [0.2, 0.25) is 5.91 Å². The van der Waals surface area contributed by atoms with E-state index in [1.807, 2.05) is 6.92 Å². The number of hydrogen-bond acceptors (Lipinski definition) is 2. The molecule has 0 saturated heterocycles. The van der Waals surface area contributed by atoms with E-state index in [1.165, 1.54) is 0 Å². The third kappa shape index (κ3) is 5.84. The fourth-order valence-electron chi connectivity index (χ4n) is 1.29. The van der Waals surface area contributed by atoms with E-state index in [0.29, 0.717) is 15.2 Å². The standard InChI is InChI=1S/C12H13BrClF2NO2/c1-7-4-8(13)10(5-9(7)14)17-12(18)2-3-19-6-11(15)16/h4-5,11H,2-3,6H2,1H3,(H,17,18). The largest absolute Gasteiger partial charge is 0.375 e. The van der Waals surface area contributed by atoms with Gasteiger partial charge in [-0.2, -0.15) is 0 Å². The maximum Gasteiger partial charge on any atom is 0.261 e. The molecule has 0 saturated carbocycles. The third-order valence-corrected chi connectivity index (χ3v) is 3.30. The fourth-order valence-corrected chi connectivity index (χ4v) is 2.01. The second kappa shape index (κ2) is 7.77. The molecule has 1 amide bonds. The average Bonchev–Trinajstić information content (AvgIpc) is 2.31. The summed E-state index contributed by atoms with van der Waals surface area (Å²) in [5.41, 5.74) is 1.42. The molecule has 0 spiro atoms. The number of nitrogens with one attached hydrogen (secondary N) is 1. The molecule has 0 atom stereocenters. The molecule has 0 unspecified atom stereocenters. The van der Waals surface area contributed by atoms with Crippen LogP contribution < -0.4 is 5.32 Å². The molecule has 1 aromatic carbocycles. The third-order valence-electron chi connectivity index (χ3n) is 2.24. The van der Waals surface area contributed by atoms with Crippen LogP contribution in [0.4, 0.5) is 14.5 Å². The average molecular weight is 357 g/mol. The zero-order chi connectivity index (χ0) is 14.4. The van der Waals surface area contributed by atoms with Crippen molar-refractivity contribution >= 4 is 39.1 Å². The van der Waals surface area contributed by atoms with Gasteiger partial charge in [0.1, 0.15) is 6.61 Å². The molecule has 0 aliphatic carbocycles. The number of aryl methyl sites for hydroxylation is 1. The molecule has 1 rings (SSSR count). The highest BCUT2D eigenvalue weighted by atomic mass is 79.9. The van der Waals surface area contributed by atoms with E-state index in [9.17, 15) is 13.6 Å². The Balaban J connectivity index is 2.46. The summed E-state index contributed by atoms with van der Waals surface area (Å²) in [4.78, 5) is 11.6. The fraction of sp³-hybridized carbons (Fsp3) is 0.417. The summed E-state index contributed by atoms with van der Waals surface area (Å²) in [6, 6.07) is 3.41. The zero-order valence-electron chi connectivity index (χ0n) is 10.2. The van der Waals surface area contributed by atoms with Gasteiger partial charge in [0.15, 0.2) is 0 Å². The lowest BCUT2D eigenvalue weighted by Crippen LogP contribution is -2.16.